The van der Waals surface area contributed by atoms with Crippen LogP contribution in [0, 0.1) is 11.8 Å². The van der Waals surface area contributed by atoms with Crippen molar-refractivity contribution < 1.29 is 4.79 Å². The van der Waals surface area contributed by atoms with Gasteiger partial charge in [-0.25, -0.2) is 0 Å². The van der Waals surface area contributed by atoms with Crippen molar-refractivity contribution in [2.24, 2.45) is 11.8 Å². The minimum absolute atomic E-state index is 0.375. The van der Waals surface area contributed by atoms with Crippen LogP contribution in [0.3, 0.4) is 0 Å². The Morgan fingerprint density at radius 2 is 1.32 bits per heavy atom. The molecule has 25 heavy (non-hydrogen) atoms. The Morgan fingerprint density at radius 3 is 1.72 bits per heavy atom. The summed E-state index contributed by atoms with van der Waals surface area (Å²) in [5.41, 5.74) is 0. The summed E-state index contributed by atoms with van der Waals surface area (Å²) in [5, 5.41) is 0. The van der Waals surface area contributed by atoms with Gasteiger partial charge in [-0.05, 0) is 37.5 Å². The molecule has 0 aromatic carbocycles. The van der Waals surface area contributed by atoms with Crippen LogP contribution in [-0.4, -0.2) is 29.8 Å². The van der Waals surface area contributed by atoms with Crippen LogP contribution >= 0.6 is 11.6 Å². The van der Waals surface area contributed by atoms with E-state index in [2.05, 4.69) is 32.6 Å². The molecule has 0 aliphatic heterocycles. The van der Waals surface area contributed by atoms with Crippen molar-refractivity contribution in [1.82, 2.24) is 4.90 Å². The Balaban J connectivity index is 4.73. The number of halogens is 1. The molecule has 0 aromatic heterocycles. The molecule has 2 atom stereocenters. The Bertz CT molecular complexity index is 290. The molecule has 0 aliphatic carbocycles. The highest BCUT2D eigenvalue weighted by Crippen LogP contribution is 2.20. The van der Waals surface area contributed by atoms with Crippen LogP contribution in [0.4, 0.5) is 0 Å². The van der Waals surface area contributed by atoms with Gasteiger partial charge in [0, 0.05) is 25.4 Å². The maximum atomic E-state index is 12.8. The minimum Gasteiger partial charge on any atom is -0.342 e. The molecule has 1 amide bonds. The van der Waals surface area contributed by atoms with E-state index in [-0.39, 0.29) is 0 Å². The highest BCUT2D eigenvalue weighted by atomic mass is 35.5. The summed E-state index contributed by atoms with van der Waals surface area (Å²) in [7, 11) is 0. The monoisotopic (exact) mass is 373 g/mol. The average Bonchev–Trinajstić information content (AvgIpc) is 2.63. The van der Waals surface area contributed by atoms with Gasteiger partial charge in [-0.1, -0.05) is 72.6 Å². The zero-order valence-electron chi connectivity index (χ0n) is 17.5. The molecule has 2 unspecified atom stereocenters. The Hall–Kier alpha value is -0.240. The van der Waals surface area contributed by atoms with E-state index in [9.17, 15) is 4.79 Å². The molecule has 0 aromatic rings. The van der Waals surface area contributed by atoms with Crippen LogP contribution < -0.4 is 0 Å². The number of alkyl halides is 1. The number of rotatable bonds is 17. The molecule has 0 spiro atoms. The van der Waals surface area contributed by atoms with Gasteiger partial charge in [0.2, 0.25) is 5.91 Å². The third-order valence-electron chi connectivity index (χ3n) is 5.42. The lowest BCUT2D eigenvalue weighted by molar-refractivity contribution is -0.132. The lowest BCUT2D eigenvalue weighted by Crippen LogP contribution is -2.38. The van der Waals surface area contributed by atoms with Crippen LogP contribution in [-0.2, 0) is 4.79 Å². The average molecular weight is 374 g/mol. The van der Waals surface area contributed by atoms with Crippen LogP contribution in [0.15, 0.2) is 0 Å². The molecule has 0 rings (SSSR count). The topological polar surface area (TPSA) is 20.3 Å². The van der Waals surface area contributed by atoms with Gasteiger partial charge in [-0.3, -0.25) is 4.79 Å². The third-order valence-corrected chi connectivity index (χ3v) is 5.69. The van der Waals surface area contributed by atoms with E-state index >= 15 is 0 Å². The first-order chi connectivity index (χ1) is 12.1. The maximum absolute atomic E-state index is 12.8. The van der Waals surface area contributed by atoms with Gasteiger partial charge < -0.3 is 4.90 Å². The molecule has 150 valence electrons. The number of amides is 1. The SMILES string of the molecule is CCCCC(CC)CN(CC(CC)CCCC)C(=O)CCCCCCl. The number of carbonyl (C=O) groups excluding carboxylic acids is 1. The van der Waals surface area contributed by atoms with E-state index < -0.39 is 0 Å². The first-order valence-corrected chi connectivity index (χ1v) is 11.5. The van der Waals surface area contributed by atoms with E-state index in [0.29, 0.717) is 30.0 Å². The predicted molar refractivity (Wildman–Crippen MR) is 112 cm³/mol. The van der Waals surface area contributed by atoms with Crippen molar-refractivity contribution in [1.29, 1.82) is 0 Å². The van der Waals surface area contributed by atoms with E-state index in [4.69, 9.17) is 11.6 Å². The molecule has 0 aliphatic rings. The summed E-state index contributed by atoms with van der Waals surface area (Å²) in [6.45, 7) is 11.0. The highest BCUT2D eigenvalue weighted by Gasteiger charge is 2.20. The summed E-state index contributed by atoms with van der Waals surface area (Å²) < 4.78 is 0. The van der Waals surface area contributed by atoms with E-state index in [1.807, 2.05) is 0 Å². The fraction of sp³-hybridized carbons (Fsp3) is 0.955. The molecule has 0 fully saturated rings. The van der Waals surface area contributed by atoms with Crippen LogP contribution in [0.25, 0.3) is 0 Å². The first kappa shape index (κ1) is 24.8. The third kappa shape index (κ3) is 12.7. The number of nitrogens with zero attached hydrogens (tertiary/aromatic N) is 1. The number of carbonyl (C=O) groups is 1. The second-order valence-electron chi connectivity index (χ2n) is 7.63. The van der Waals surface area contributed by atoms with Gasteiger partial charge in [0.1, 0.15) is 0 Å². The molecule has 2 nitrogen and oxygen atoms in total. The fourth-order valence-electron chi connectivity index (χ4n) is 3.44. The van der Waals surface area contributed by atoms with Crippen LogP contribution in [0.2, 0.25) is 0 Å². The summed E-state index contributed by atoms with van der Waals surface area (Å²) in [5.74, 6) is 2.41. The second-order valence-corrected chi connectivity index (χ2v) is 8.01. The van der Waals surface area contributed by atoms with Gasteiger partial charge in [-0.2, -0.15) is 0 Å². The summed E-state index contributed by atoms with van der Waals surface area (Å²) in [6, 6.07) is 0. The van der Waals surface area contributed by atoms with Crippen molar-refractivity contribution in [3.05, 3.63) is 0 Å². The van der Waals surface area contributed by atoms with E-state index in [1.54, 1.807) is 0 Å². The Kier molecular flexibility index (Phi) is 17.0. The van der Waals surface area contributed by atoms with Crippen LogP contribution in [0.1, 0.15) is 105 Å². The van der Waals surface area contributed by atoms with E-state index in [1.165, 1.54) is 51.4 Å². The zero-order chi connectivity index (χ0) is 18.9. The summed E-state index contributed by atoms with van der Waals surface area (Å²) >= 11 is 5.76. The van der Waals surface area contributed by atoms with Crippen molar-refractivity contribution in [3.8, 4) is 0 Å². The minimum atomic E-state index is 0.375. The second kappa shape index (κ2) is 17.2. The normalized spacial score (nSPS) is 13.6. The molecular formula is C22H44ClNO. The number of unbranched alkanes of at least 4 members (excludes halogenated alkanes) is 4. The molecule has 0 radical (unpaired) electrons. The first-order valence-electron chi connectivity index (χ1n) is 11.0. The quantitative estimate of drug-likeness (QED) is 0.197. The summed E-state index contributed by atoms with van der Waals surface area (Å²) in [4.78, 5) is 15.1. The predicted octanol–water partition coefficient (Wildman–Crippen LogP) is 7.05. The smallest absolute Gasteiger partial charge is 0.222 e. The van der Waals surface area contributed by atoms with Gasteiger partial charge in [0.05, 0.1) is 0 Å². The molecule has 0 heterocycles. The number of hydrogen-bond donors (Lipinski definition) is 0. The van der Waals surface area contributed by atoms with Crippen molar-refractivity contribution in [3.63, 3.8) is 0 Å². The van der Waals surface area contributed by atoms with Crippen LogP contribution in [0.5, 0.6) is 0 Å². The maximum Gasteiger partial charge on any atom is 0.222 e. The molecule has 0 bridgehead atoms. The van der Waals surface area contributed by atoms with E-state index in [0.717, 1.165) is 32.4 Å². The van der Waals surface area contributed by atoms with Gasteiger partial charge in [0.15, 0.2) is 0 Å². The standard InChI is InChI=1S/C22H44ClNO/c1-5-9-14-20(7-3)18-24(19-21(8-4)15-10-6-2)22(25)16-12-11-13-17-23/h20-21H,5-19H2,1-4H3. The van der Waals surface area contributed by atoms with Gasteiger partial charge in [0.25, 0.3) is 0 Å². The zero-order valence-corrected chi connectivity index (χ0v) is 18.3. The highest BCUT2D eigenvalue weighted by molar-refractivity contribution is 6.17. The van der Waals surface area contributed by atoms with Gasteiger partial charge >= 0.3 is 0 Å². The molecule has 3 heteroatoms. The van der Waals surface area contributed by atoms with Crippen molar-refractivity contribution in [2.45, 2.75) is 105 Å². The largest absolute Gasteiger partial charge is 0.342 e. The van der Waals surface area contributed by atoms with Crippen molar-refractivity contribution in [2.75, 3.05) is 19.0 Å². The molecule has 0 saturated carbocycles. The van der Waals surface area contributed by atoms with Gasteiger partial charge in [-0.15, -0.1) is 11.6 Å². The van der Waals surface area contributed by atoms with Crippen molar-refractivity contribution >= 4 is 17.5 Å². The molecular weight excluding hydrogens is 330 g/mol. The fourth-order valence-corrected chi connectivity index (χ4v) is 3.63. The number of hydrogen-bond acceptors (Lipinski definition) is 1. The summed E-state index contributed by atoms with van der Waals surface area (Å²) in [6.07, 6.45) is 13.7. The Labute approximate surface area is 163 Å². The lowest BCUT2D eigenvalue weighted by Gasteiger charge is -2.31. The molecule has 0 saturated heterocycles. The molecule has 0 N–H and O–H groups in total. The Morgan fingerprint density at radius 1 is 0.800 bits per heavy atom. The lowest BCUT2D eigenvalue weighted by atomic mass is 9.95.